The number of nitrogens with one attached hydrogen (secondary N) is 3. The number of carboxylic acids is 1. The van der Waals surface area contributed by atoms with Crippen molar-refractivity contribution in [1.29, 1.82) is 0 Å². The zero-order chi connectivity index (χ0) is 10.7. The van der Waals surface area contributed by atoms with Gasteiger partial charge >= 0.3 is 11.7 Å². The number of hydrogen-bond acceptors (Lipinski definition) is 3. The summed E-state index contributed by atoms with van der Waals surface area (Å²) in [5.41, 5.74) is -0.513. The predicted octanol–water partition coefficient (Wildman–Crippen LogP) is -1.09. The van der Waals surface area contributed by atoms with Crippen molar-refractivity contribution in [1.82, 2.24) is 15.3 Å². The smallest absolute Gasteiger partial charge is 0.325 e. The van der Waals surface area contributed by atoms with Gasteiger partial charge in [-0.25, -0.2) is 4.79 Å². The maximum Gasteiger partial charge on any atom is 0.325 e. The Hall–Kier alpha value is -2.05. The molecule has 1 rings (SSSR count). The van der Waals surface area contributed by atoms with Gasteiger partial charge in [-0.05, 0) is 6.92 Å². The fraction of sp³-hybridized carbons (Fsp3) is 0.286. The van der Waals surface area contributed by atoms with E-state index in [-0.39, 0.29) is 5.69 Å². The van der Waals surface area contributed by atoms with Crippen LogP contribution in [0.2, 0.25) is 0 Å². The van der Waals surface area contributed by atoms with Crippen molar-refractivity contribution in [2.45, 2.75) is 13.0 Å². The third kappa shape index (κ3) is 2.22. The number of imidazole rings is 1. The lowest BCUT2D eigenvalue weighted by Crippen LogP contribution is -2.38. The highest BCUT2D eigenvalue weighted by atomic mass is 16.4. The van der Waals surface area contributed by atoms with E-state index in [0.29, 0.717) is 0 Å². The molecule has 0 saturated carbocycles. The van der Waals surface area contributed by atoms with Crippen LogP contribution in [-0.4, -0.2) is 33.0 Å². The standard InChI is InChI=1S/C7H9N3O4/c1-3(6(12)13)9-5(11)4-2-8-7(14)10-4/h2-3H,1H3,(H,9,11)(H,12,13)(H2,8,10,14). The second-order valence-corrected chi connectivity index (χ2v) is 2.69. The summed E-state index contributed by atoms with van der Waals surface area (Å²) < 4.78 is 0. The minimum absolute atomic E-state index is 0.00287. The van der Waals surface area contributed by atoms with Gasteiger partial charge in [0.15, 0.2) is 0 Å². The Labute approximate surface area is 78.1 Å². The van der Waals surface area contributed by atoms with Gasteiger partial charge in [-0.3, -0.25) is 9.59 Å². The average molecular weight is 199 g/mol. The molecule has 76 valence electrons. The molecule has 0 aliphatic rings. The van der Waals surface area contributed by atoms with Crippen LogP contribution in [0.5, 0.6) is 0 Å². The Balaban J connectivity index is 2.68. The van der Waals surface area contributed by atoms with Crippen LogP contribution in [0.25, 0.3) is 0 Å². The van der Waals surface area contributed by atoms with Crippen molar-refractivity contribution in [2.24, 2.45) is 0 Å². The molecule has 1 amide bonds. The highest BCUT2D eigenvalue weighted by Crippen LogP contribution is 1.90. The Morgan fingerprint density at radius 2 is 2.21 bits per heavy atom. The molecule has 0 aliphatic carbocycles. The molecule has 1 aromatic heterocycles. The van der Waals surface area contributed by atoms with Crippen LogP contribution in [-0.2, 0) is 4.79 Å². The molecule has 4 N–H and O–H groups in total. The lowest BCUT2D eigenvalue weighted by molar-refractivity contribution is -0.138. The molecular formula is C7H9N3O4. The summed E-state index contributed by atoms with van der Waals surface area (Å²) in [6, 6.07) is -0.999. The van der Waals surface area contributed by atoms with Gasteiger partial charge in [-0.1, -0.05) is 0 Å². The molecule has 0 aliphatic heterocycles. The van der Waals surface area contributed by atoms with E-state index < -0.39 is 23.6 Å². The summed E-state index contributed by atoms with van der Waals surface area (Å²) in [5.74, 6) is -1.78. The lowest BCUT2D eigenvalue weighted by Gasteiger charge is -2.06. The number of rotatable bonds is 3. The van der Waals surface area contributed by atoms with Gasteiger partial charge in [0.1, 0.15) is 11.7 Å². The van der Waals surface area contributed by atoms with Crippen LogP contribution in [0, 0.1) is 0 Å². The van der Waals surface area contributed by atoms with E-state index in [1.165, 1.54) is 13.1 Å². The third-order valence-corrected chi connectivity index (χ3v) is 1.56. The Kier molecular flexibility index (Phi) is 2.70. The first kappa shape index (κ1) is 10.0. The van der Waals surface area contributed by atoms with E-state index in [1.807, 2.05) is 0 Å². The SMILES string of the molecule is CC(NC(=O)c1c[nH]c(=O)[nH]1)C(=O)O. The van der Waals surface area contributed by atoms with Crippen molar-refractivity contribution in [3.63, 3.8) is 0 Å². The summed E-state index contributed by atoms with van der Waals surface area (Å²) in [7, 11) is 0. The molecule has 0 spiro atoms. The number of H-pyrrole nitrogens is 2. The first-order chi connectivity index (χ1) is 6.50. The van der Waals surface area contributed by atoms with Gasteiger partial charge in [0.25, 0.3) is 5.91 Å². The van der Waals surface area contributed by atoms with Crippen molar-refractivity contribution in [3.8, 4) is 0 Å². The molecule has 0 radical (unpaired) electrons. The van der Waals surface area contributed by atoms with Crippen molar-refractivity contribution < 1.29 is 14.7 Å². The molecule has 7 nitrogen and oxygen atoms in total. The third-order valence-electron chi connectivity index (χ3n) is 1.56. The fourth-order valence-corrected chi connectivity index (χ4v) is 0.791. The van der Waals surface area contributed by atoms with Gasteiger partial charge in [0.2, 0.25) is 0 Å². The van der Waals surface area contributed by atoms with Gasteiger partial charge in [0.05, 0.1) is 0 Å². The summed E-state index contributed by atoms with van der Waals surface area (Å²) >= 11 is 0. The summed E-state index contributed by atoms with van der Waals surface area (Å²) in [6.45, 7) is 1.32. The molecule has 1 aromatic rings. The zero-order valence-corrected chi connectivity index (χ0v) is 7.33. The number of carboxylic acid groups (broad SMARTS) is 1. The minimum Gasteiger partial charge on any atom is -0.480 e. The second kappa shape index (κ2) is 3.77. The first-order valence-electron chi connectivity index (χ1n) is 3.82. The highest BCUT2D eigenvalue weighted by Gasteiger charge is 2.15. The highest BCUT2D eigenvalue weighted by molar-refractivity contribution is 5.94. The summed E-state index contributed by atoms with van der Waals surface area (Å²) in [6.07, 6.45) is 1.17. The molecule has 0 bridgehead atoms. The zero-order valence-electron chi connectivity index (χ0n) is 7.33. The number of amides is 1. The first-order valence-corrected chi connectivity index (χ1v) is 3.82. The van der Waals surface area contributed by atoms with Gasteiger partial charge in [-0.2, -0.15) is 0 Å². The minimum atomic E-state index is -1.14. The number of aromatic nitrogens is 2. The normalized spacial score (nSPS) is 12.1. The molecule has 0 fully saturated rings. The molecule has 1 heterocycles. The van der Waals surface area contributed by atoms with E-state index in [0.717, 1.165) is 0 Å². The Bertz CT molecular complexity index is 405. The Morgan fingerprint density at radius 3 is 2.64 bits per heavy atom. The number of carbonyl (C=O) groups is 2. The number of carbonyl (C=O) groups excluding carboxylic acids is 1. The largest absolute Gasteiger partial charge is 0.480 e. The molecule has 1 unspecified atom stereocenters. The number of hydrogen-bond donors (Lipinski definition) is 4. The quantitative estimate of drug-likeness (QED) is 0.494. The van der Waals surface area contributed by atoms with Gasteiger partial charge < -0.3 is 20.4 Å². The predicted molar refractivity (Wildman–Crippen MR) is 46.0 cm³/mol. The van der Waals surface area contributed by atoms with E-state index in [2.05, 4.69) is 15.3 Å². The van der Waals surface area contributed by atoms with Crippen LogP contribution < -0.4 is 11.0 Å². The summed E-state index contributed by atoms with van der Waals surface area (Å²) in [4.78, 5) is 36.6. The van der Waals surface area contributed by atoms with Crippen LogP contribution in [0.3, 0.4) is 0 Å². The van der Waals surface area contributed by atoms with E-state index in [1.54, 1.807) is 0 Å². The van der Waals surface area contributed by atoms with E-state index in [4.69, 9.17) is 5.11 Å². The molecular weight excluding hydrogens is 190 g/mol. The molecule has 14 heavy (non-hydrogen) atoms. The fourth-order valence-electron chi connectivity index (χ4n) is 0.791. The molecule has 1 atom stereocenters. The van der Waals surface area contributed by atoms with E-state index >= 15 is 0 Å². The average Bonchev–Trinajstić information content (AvgIpc) is 2.51. The van der Waals surface area contributed by atoms with Crippen molar-refractivity contribution in [3.05, 3.63) is 22.4 Å². The second-order valence-electron chi connectivity index (χ2n) is 2.69. The number of aromatic amines is 2. The van der Waals surface area contributed by atoms with Crippen LogP contribution in [0.4, 0.5) is 0 Å². The monoisotopic (exact) mass is 199 g/mol. The van der Waals surface area contributed by atoms with Crippen LogP contribution in [0.1, 0.15) is 17.4 Å². The Morgan fingerprint density at radius 1 is 1.57 bits per heavy atom. The van der Waals surface area contributed by atoms with Crippen LogP contribution in [0.15, 0.2) is 11.0 Å². The maximum atomic E-state index is 11.2. The lowest BCUT2D eigenvalue weighted by atomic mass is 10.3. The van der Waals surface area contributed by atoms with Crippen LogP contribution >= 0.6 is 0 Å². The summed E-state index contributed by atoms with van der Waals surface area (Å²) in [5, 5.41) is 10.7. The van der Waals surface area contributed by atoms with Crippen molar-refractivity contribution >= 4 is 11.9 Å². The van der Waals surface area contributed by atoms with E-state index in [9.17, 15) is 14.4 Å². The van der Waals surface area contributed by atoms with Gasteiger partial charge in [-0.15, -0.1) is 0 Å². The number of aliphatic carboxylic acids is 1. The molecule has 0 saturated heterocycles. The van der Waals surface area contributed by atoms with Crippen molar-refractivity contribution in [2.75, 3.05) is 0 Å². The maximum absolute atomic E-state index is 11.2. The molecule has 7 heteroatoms. The molecule has 0 aromatic carbocycles. The topological polar surface area (TPSA) is 115 Å². The van der Waals surface area contributed by atoms with Gasteiger partial charge in [0, 0.05) is 6.20 Å².